The predicted octanol–water partition coefficient (Wildman–Crippen LogP) is 4.50. The van der Waals surface area contributed by atoms with E-state index < -0.39 is 0 Å². The molecule has 0 aromatic heterocycles. The first-order valence-electron chi connectivity index (χ1n) is 7.92. The summed E-state index contributed by atoms with van der Waals surface area (Å²) in [5.41, 5.74) is 2.68. The maximum Gasteiger partial charge on any atom is 0.0571 e. The summed E-state index contributed by atoms with van der Waals surface area (Å²) in [5, 5.41) is 10.4. The van der Waals surface area contributed by atoms with Gasteiger partial charge in [-0.1, -0.05) is 56.0 Å². The van der Waals surface area contributed by atoms with E-state index in [9.17, 15) is 5.11 Å². The van der Waals surface area contributed by atoms with Gasteiger partial charge in [0.2, 0.25) is 0 Å². The Balaban J connectivity index is 1.77. The minimum Gasteiger partial charge on any atom is -0.393 e. The summed E-state index contributed by atoms with van der Waals surface area (Å²) in [4.78, 5) is 0. The zero-order chi connectivity index (χ0) is 13.7. The van der Waals surface area contributed by atoms with Crippen molar-refractivity contribution in [3.05, 3.63) is 35.4 Å². The van der Waals surface area contributed by atoms with E-state index in [-0.39, 0.29) is 6.10 Å². The van der Waals surface area contributed by atoms with Gasteiger partial charge in [0.05, 0.1) is 6.10 Å². The number of aliphatic hydroxyl groups is 1. The Morgan fingerprint density at radius 2 is 1.95 bits per heavy atom. The Bertz CT molecular complexity index is 377. The van der Waals surface area contributed by atoms with Crippen LogP contribution >= 0.6 is 0 Å². The van der Waals surface area contributed by atoms with Crippen molar-refractivity contribution >= 4 is 0 Å². The van der Waals surface area contributed by atoms with Crippen molar-refractivity contribution in [3.8, 4) is 0 Å². The van der Waals surface area contributed by atoms with Gasteiger partial charge in [-0.25, -0.2) is 0 Å². The molecule has 0 aliphatic heterocycles. The maximum atomic E-state index is 10.4. The normalized spacial score (nSPS) is 25.2. The molecular formula is C18H28O. The first-order chi connectivity index (χ1) is 9.19. The molecule has 1 aliphatic carbocycles. The fourth-order valence-corrected chi connectivity index (χ4v) is 3.40. The second kappa shape index (κ2) is 7.09. The quantitative estimate of drug-likeness (QED) is 0.826. The van der Waals surface area contributed by atoms with Crippen LogP contribution in [0.3, 0.4) is 0 Å². The molecule has 1 atom stereocenters. The molecular weight excluding hydrogens is 232 g/mol. The van der Waals surface area contributed by atoms with E-state index in [2.05, 4.69) is 38.1 Å². The van der Waals surface area contributed by atoms with Gasteiger partial charge >= 0.3 is 0 Å². The lowest BCUT2D eigenvalue weighted by Crippen LogP contribution is -2.26. The molecule has 19 heavy (non-hydrogen) atoms. The lowest BCUT2D eigenvalue weighted by molar-refractivity contribution is 0.0666. The number of aliphatic hydroxyl groups excluding tert-OH is 1. The standard InChI is InChI=1S/C18H28O/c1-3-15-7-10-17(11-8-15)18(19)12-9-16-6-4-5-14(2)13-16/h4-6,13,15,17-19H,3,7-12H2,1-2H3. The summed E-state index contributed by atoms with van der Waals surface area (Å²) in [6.07, 6.45) is 8.25. The van der Waals surface area contributed by atoms with Crippen molar-refractivity contribution in [2.24, 2.45) is 11.8 Å². The van der Waals surface area contributed by atoms with E-state index in [0.29, 0.717) is 5.92 Å². The van der Waals surface area contributed by atoms with Gasteiger partial charge in [-0.3, -0.25) is 0 Å². The van der Waals surface area contributed by atoms with Crippen LogP contribution in [-0.2, 0) is 6.42 Å². The molecule has 106 valence electrons. The van der Waals surface area contributed by atoms with Crippen LogP contribution in [0.2, 0.25) is 0 Å². The van der Waals surface area contributed by atoms with Crippen molar-refractivity contribution < 1.29 is 5.11 Å². The molecule has 1 aromatic carbocycles. The molecule has 1 unspecified atom stereocenters. The largest absolute Gasteiger partial charge is 0.393 e. The van der Waals surface area contributed by atoms with E-state index in [1.165, 1.54) is 43.2 Å². The summed E-state index contributed by atoms with van der Waals surface area (Å²) >= 11 is 0. The Labute approximate surface area is 118 Å². The van der Waals surface area contributed by atoms with E-state index in [0.717, 1.165) is 18.8 Å². The molecule has 2 rings (SSSR count). The van der Waals surface area contributed by atoms with Crippen LogP contribution in [0, 0.1) is 18.8 Å². The molecule has 1 heteroatoms. The molecule has 1 nitrogen and oxygen atoms in total. The highest BCUT2D eigenvalue weighted by molar-refractivity contribution is 5.22. The van der Waals surface area contributed by atoms with E-state index in [1.807, 2.05) is 0 Å². The third kappa shape index (κ3) is 4.35. The number of rotatable bonds is 5. The van der Waals surface area contributed by atoms with Crippen molar-refractivity contribution in [1.29, 1.82) is 0 Å². The lowest BCUT2D eigenvalue weighted by atomic mass is 9.77. The third-order valence-electron chi connectivity index (χ3n) is 4.82. The molecule has 0 saturated heterocycles. The maximum absolute atomic E-state index is 10.4. The highest BCUT2D eigenvalue weighted by Crippen LogP contribution is 2.33. The Kier molecular flexibility index (Phi) is 5.45. The van der Waals surface area contributed by atoms with Crippen LogP contribution in [0.4, 0.5) is 0 Å². The van der Waals surface area contributed by atoms with Crippen LogP contribution in [0.1, 0.15) is 56.6 Å². The second-order valence-corrected chi connectivity index (χ2v) is 6.28. The molecule has 0 radical (unpaired) electrons. The summed E-state index contributed by atoms with van der Waals surface area (Å²) < 4.78 is 0. The first-order valence-corrected chi connectivity index (χ1v) is 7.92. The number of hydrogen-bond acceptors (Lipinski definition) is 1. The molecule has 0 bridgehead atoms. The predicted molar refractivity (Wildman–Crippen MR) is 81.2 cm³/mol. The van der Waals surface area contributed by atoms with Crippen molar-refractivity contribution in [3.63, 3.8) is 0 Å². The molecule has 1 aromatic rings. The monoisotopic (exact) mass is 260 g/mol. The van der Waals surface area contributed by atoms with Crippen LogP contribution in [0.5, 0.6) is 0 Å². The summed E-state index contributed by atoms with van der Waals surface area (Å²) in [7, 11) is 0. The van der Waals surface area contributed by atoms with Crippen LogP contribution in [-0.4, -0.2) is 11.2 Å². The Hall–Kier alpha value is -0.820. The van der Waals surface area contributed by atoms with Crippen molar-refractivity contribution in [2.45, 2.75) is 64.9 Å². The topological polar surface area (TPSA) is 20.2 Å². The van der Waals surface area contributed by atoms with E-state index in [4.69, 9.17) is 0 Å². The molecule has 0 amide bonds. The number of benzene rings is 1. The van der Waals surface area contributed by atoms with Gasteiger partial charge in [0.15, 0.2) is 0 Å². The smallest absolute Gasteiger partial charge is 0.0571 e. The first kappa shape index (κ1) is 14.6. The fourth-order valence-electron chi connectivity index (χ4n) is 3.40. The number of hydrogen-bond donors (Lipinski definition) is 1. The highest BCUT2D eigenvalue weighted by atomic mass is 16.3. The second-order valence-electron chi connectivity index (χ2n) is 6.28. The molecule has 1 N–H and O–H groups in total. The van der Waals surface area contributed by atoms with Crippen LogP contribution < -0.4 is 0 Å². The van der Waals surface area contributed by atoms with Gasteiger partial charge < -0.3 is 5.11 Å². The summed E-state index contributed by atoms with van der Waals surface area (Å²) in [5.74, 6) is 1.47. The molecule has 1 aliphatic rings. The zero-order valence-corrected chi connectivity index (χ0v) is 12.4. The van der Waals surface area contributed by atoms with E-state index in [1.54, 1.807) is 0 Å². The van der Waals surface area contributed by atoms with Gasteiger partial charge in [-0.15, -0.1) is 0 Å². The molecule has 1 fully saturated rings. The fraction of sp³-hybridized carbons (Fsp3) is 0.667. The summed E-state index contributed by atoms with van der Waals surface area (Å²) in [6.45, 7) is 4.42. The van der Waals surface area contributed by atoms with Gasteiger partial charge in [0.1, 0.15) is 0 Å². The van der Waals surface area contributed by atoms with Gasteiger partial charge in [0.25, 0.3) is 0 Å². The Morgan fingerprint density at radius 3 is 2.58 bits per heavy atom. The van der Waals surface area contributed by atoms with Gasteiger partial charge in [-0.2, -0.15) is 0 Å². The van der Waals surface area contributed by atoms with Gasteiger partial charge in [-0.05, 0) is 50.0 Å². The average molecular weight is 260 g/mol. The summed E-state index contributed by atoms with van der Waals surface area (Å²) in [6, 6.07) is 8.66. The highest BCUT2D eigenvalue weighted by Gasteiger charge is 2.25. The van der Waals surface area contributed by atoms with Crippen LogP contribution in [0.25, 0.3) is 0 Å². The van der Waals surface area contributed by atoms with Crippen LogP contribution in [0.15, 0.2) is 24.3 Å². The zero-order valence-electron chi connectivity index (χ0n) is 12.4. The van der Waals surface area contributed by atoms with Crippen molar-refractivity contribution in [1.82, 2.24) is 0 Å². The minimum absolute atomic E-state index is 0.0988. The molecule has 0 spiro atoms. The lowest BCUT2D eigenvalue weighted by Gasteiger charge is -2.31. The molecule has 0 heterocycles. The average Bonchev–Trinajstić information content (AvgIpc) is 2.45. The van der Waals surface area contributed by atoms with Gasteiger partial charge in [0, 0.05) is 0 Å². The SMILES string of the molecule is CCC1CCC(C(O)CCc2cccc(C)c2)CC1. The van der Waals surface area contributed by atoms with Crippen molar-refractivity contribution in [2.75, 3.05) is 0 Å². The number of aryl methyl sites for hydroxylation is 2. The third-order valence-corrected chi connectivity index (χ3v) is 4.82. The Morgan fingerprint density at radius 1 is 1.21 bits per heavy atom. The molecule has 1 saturated carbocycles. The van der Waals surface area contributed by atoms with E-state index >= 15 is 0 Å². The minimum atomic E-state index is -0.0988.